The molecule has 2 rings (SSSR count). The van der Waals surface area contributed by atoms with Gasteiger partial charge in [-0.1, -0.05) is 16.8 Å². The van der Waals surface area contributed by atoms with Crippen LogP contribution < -0.4 is 10.5 Å². The molecule has 1 atom stereocenters. The lowest BCUT2D eigenvalue weighted by Gasteiger charge is -2.16. The predicted molar refractivity (Wildman–Crippen MR) is 68.5 cm³/mol. The van der Waals surface area contributed by atoms with E-state index < -0.39 is 16.1 Å². The van der Waals surface area contributed by atoms with E-state index >= 15 is 0 Å². The number of hydrogen-bond donors (Lipinski definition) is 3. The summed E-state index contributed by atoms with van der Waals surface area (Å²) in [6.45, 7) is 0. The van der Waals surface area contributed by atoms with E-state index in [-0.39, 0.29) is 21.8 Å². The Morgan fingerprint density at radius 2 is 2.37 bits per heavy atom. The van der Waals surface area contributed by atoms with Crippen LogP contribution in [0.5, 0.6) is 0 Å². The second-order valence-corrected chi connectivity index (χ2v) is 6.42. The zero-order valence-corrected chi connectivity index (χ0v) is 11.7. The Labute approximate surface area is 115 Å². The lowest BCUT2D eigenvalue weighted by Crippen LogP contribution is -2.46. The highest BCUT2D eigenvalue weighted by molar-refractivity contribution is 7.89. The Hall–Kier alpha value is -1.32. The second-order valence-electron chi connectivity index (χ2n) is 4.38. The van der Waals surface area contributed by atoms with Gasteiger partial charge in [0.05, 0.1) is 17.3 Å². The average molecular weight is 308 g/mol. The van der Waals surface area contributed by atoms with Gasteiger partial charge in [-0.3, -0.25) is 4.68 Å². The normalized spacial score (nSPS) is 18.5. The molecule has 106 valence electrons. The van der Waals surface area contributed by atoms with Crippen LogP contribution in [0.3, 0.4) is 0 Å². The van der Waals surface area contributed by atoms with E-state index in [1.54, 1.807) is 0 Å². The van der Waals surface area contributed by atoms with Crippen LogP contribution >= 0.6 is 11.6 Å². The van der Waals surface area contributed by atoms with Gasteiger partial charge in [0.2, 0.25) is 0 Å². The molecule has 4 N–H and O–H groups in total. The standard InChI is InChI=1S/C9H14ClN5O3S/c1-15-9(6(10)4-12-15)19(17,18)14-7(5-2-3-5)8(11)13-16/h4-5,7,14,16H,2-3H2,1H3,(H2,11,13). The Morgan fingerprint density at radius 3 is 2.79 bits per heavy atom. The minimum absolute atomic E-state index is 0.0176. The first-order chi connectivity index (χ1) is 8.86. The summed E-state index contributed by atoms with van der Waals surface area (Å²) in [4.78, 5) is 0. The summed E-state index contributed by atoms with van der Waals surface area (Å²) in [5, 5.41) is 15.2. The summed E-state index contributed by atoms with van der Waals surface area (Å²) in [7, 11) is -2.42. The maximum Gasteiger partial charge on any atom is 0.259 e. The zero-order chi connectivity index (χ0) is 14.2. The third-order valence-electron chi connectivity index (χ3n) is 2.91. The topological polar surface area (TPSA) is 123 Å². The van der Waals surface area contributed by atoms with E-state index in [2.05, 4.69) is 15.0 Å². The average Bonchev–Trinajstić information content (AvgIpc) is 3.11. The molecule has 1 saturated carbocycles. The molecule has 0 spiro atoms. The van der Waals surface area contributed by atoms with Gasteiger partial charge in [-0.25, -0.2) is 8.42 Å². The minimum atomic E-state index is -3.89. The molecule has 1 aromatic rings. The fourth-order valence-corrected chi connectivity index (χ4v) is 3.75. The monoisotopic (exact) mass is 307 g/mol. The first kappa shape index (κ1) is 14.1. The lowest BCUT2D eigenvalue weighted by molar-refractivity contribution is 0.314. The first-order valence-electron chi connectivity index (χ1n) is 5.54. The van der Waals surface area contributed by atoms with Crippen LogP contribution in [0.25, 0.3) is 0 Å². The van der Waals surface area contributed by atoms with E-state index in [9.17, 15) is 8.42 Å². The van der Waals surface area contributed by atoms with Crippen LogP contribution in [0.4, 0.5) is 0 Å². The third kappa shape index (κ3) is 2.82. The molecule has 1 aromatic heterocycles. The van der Waals surface area contributed by atoms with Crippen molar-refractivity contribution in [2.75, 3.05) is 0 Å². The Kier molecular flexibility index (Phi) is 3.70. The third-order valence-corrected chi connectivity index (χ3v) is 4.85. The fourth-order valence-electron chi connectivity index (χ4n) is 1.81. The molecule has 1 aliphatic carbocycles. The van der Waals surface area contributed by atoms with E-state index in [1.807, 2.05) is 0 Å². The van der Waals surface area contributed by atoms with Crippen LogP contribution in [0.15, 0.2) is 16.4 Å². The van der Waals surface area contributed by atoms with Crippen molar-refractivity contribution in [2.24, 2.45) is 23.9 Å². The molecular formula is C9H14ClN5O3S. The molecule has 10 heteroatoms. The van der Waals surface area contributed by atoms with Crippen molar-refractivity contribution in [3.8, 4) is 0 Å². The molecule has 0 aromatic carbocycles. The fraction of sp³-hybridized carbons (Fsp3) is 0.556. The van der Waals surface area contributed by atoms with Crippen molar-refractivity contribution < 1.29 is 13.6 Å². The van der Waals surface area contributed by atoms with Gasteiger partial charge in [0.1, 0.15) is 0 Å². The van der Waals surface area contributed by atoms with Crippen LogP contribution in [-0.4, -0.2) is 35.3 Å². The molecule has 1 heterocycles. The molecule has 0 bridgehead atoms. The number of hydrogen-bond acceptors (Lipinski definition) is 5. The zero-order valence-electron chi connectivity index (χ0n) is 10.1. The molecule has 1 fully saturated rings. The summed E-state index contributed by atoms with van der Waals surface area (Å²) in [5.74, 6) is -0.123. The van der Waals surface area contributed by atoms with Crippen molar-refractivity contribution >= 4 is 27.5 Å². The molecule has 0 radical (unpaired) electrons. The van der Waals surface area contributed by atoms with Crippen molar-refractivity contribution in [3.05, 3.63) is 11.2 Å². The number of oxime groups is 1. The number of nitrogens with one attached hydrogen (secondary N) is 1. The number of amidine groups is 1. The van der Waals surface area contributed by atoms with E-state index in [1.165, 1.54) is 13.2 Å². The van der Waals surface area contributed by atoms with Gasteiger partial charge in [0.15, 0.2) is 10.9 Å². The number of aromatic nitrogens is 2. The quantitative estimate of drug-likeness (QED) is 0.303. The van der Waals surface area contributed by atoms with Gasteiger partial charge in [-0.15, -0.1) is 0 Å². The minimum Gasteiger partial charge on any atom is -0.409 e. The molecule has 0 aliphatic heterocycles. The van der Waals surface area contributed by atoms with Crippen molar-refractivity contribution in [1.82, 2.24) is 14.5 Å². The maximum absolute atomic E-state index is 12.2. The number of nitrogens with two attached hydrogens (primary N) is 1. The number of nitrogens with zero attached hydrogens (tertiary/aromatic N) is 3. The highest BCUT2D eigenvalue weighted by Crippen LogP contribution is 2.33. The largest absolute Gasteiger partial charge is 0.409 e. The van der Waals surface area contributed by atoms with Crippen molar-refractivity contribution in [2.45, 2.75) is 23.9 Å². The highest BCUT2D eigenvalue weighted by Gasteiger charge is 2.38. The predicted octanol–water partition coefficient (Wildman–Crippen LogP) is -0.123. The van der Waals surface area contributed by atoms with E-state index in [4.69, 9.17) is 22.5 Å². The van der Waals surface area contributed by atoms with Crippen LogP contribution in [0, 0.1) is 5.92 Å². The van der Waals surface area contributed by atoms with E-state index in [0.717, 1.165) is 17.5 Å². The molecule has 1 unspecified atom stereocenters. The van der Waals surface area contributed by atoms with Gasteiger partial charge in [-0.2, -0.15) is 9.82 Å². The van der Waals surface area contributed by atoms with Crippen LogP contribution in [0.1, 0.15) is 12.8 Å². The summed E-state index contributed by atoms with van der Waals surface area (Å²) in [6.07, 6.45) is 2.89. The highest BCUT2D eigenvalue weighted by atomic mass is 35.5. The molecule has 0 amide bonds. The molecular weight excluding hydrogens is 294 g/mol. The number of rotatable bonds is 5. The number of sulfonamides is 1. The summed E-state index contributed by atoms with van der Waals surface area (Å²) < 4.78 is 28.1. The molecule has 1 aliphatic rings. The smallest absolute Gasteiger partial charge is 0.259 e. The van der Waals surface area contributed by atoms with Gasteiger partial charge >= 0.3 is 0 Å². The van der Waals surface area contributed by atoms with Crippen LogP contribution in [0.2, 0.25) is 5.02 Å². The maximum atomic E-state index is 12.2. The van der Waals surface area contributed by atoms with Crippen molar-refractivity contribution in [3.63, 3.8) is 0 Å². The Balaban J connectivity index is 2.30. The van der Waals surface area contributed by atoms with Gasteiger partial charge in [0.25, 0.3) is 10.0 Å². The van der Waals surface area contributed by atoms with Gasteiger partial charge < -0.3 is 10.9 Å². The summed E-state index contributed by atoms with van der Waals surface area (Å²) >= 11 is 5.81. The van der Waals surface area contributed by atoms with E-state index in [0.29, 0.717) is 0 Å². The van der Waals surface area contributed by atoms with Gasteiger partial charge in [-0.05, 0) is 18.8 Å². The lowest BCUT2D eigenvalue weighted by atomic mass is 10.2. The second kappa shape index (κ2) is 4.99. The molecule has 8 nitrogen and oxygen atoms in total. The molecule has 0 saturated heterocycles. The Bertz CT molecular complexity index is 588. The number of halogens is 1. The summed E-state index contributed by atoms with van der Waals surface area (Å²) in [5.41, 5.74) is 5.51. The van der Waals surface area contributed by atoms with Crippen LogP contribution in [-0.2, 0) is 17.1 Å². The summed E-state index contributed by atoms with van der Waals surface area (Å²) in [6, 6.07) is -0.735. The SMILES string of the molecule is Cn1ncc(Cl)c1S(=O)(=O)NC(C(N)=NO)C1CC1. The first-order valence-corrected chi connectivity index (χ1v) is 7.40. The number of aryl methyl sites for hydroxylation is 1. The van der Waals surface area contributed by atoms with Crippen molar-refractivity contribution in [1.29, 1.82) is 0 Å². The van der Waals surface area contributed by atoms with Gasteiger partial charge in [0, 0.05) is 7.05 Å². The molecule has 19 heavy (non-hydrogen) atoms. The Morgan fingerprint density at radius 1 is 1.74 bits per heavy atom.